The third kappa shape index (κ3) is 3.57. The largest absolute Gasteiger partial charge is 0.514 e. The summed E-state index contributed by atoms with van der Waals surface area (Å²) < 4.78 is 11.6. The first kappa shape index (κ1) is 17.2. The number of methoxy groups -OCH3 is 1. The molecule has 0 radical (unpaired) electrons. The van der Waals surface area contributed by atoms with Crippen molar-refractivity contribution < 1.29 is 14.3 Å². The van der Waals surface area contributed by atoms with Crippen molar-refractivity contribution in [1.82, 2.24) is 9.78 Å². The Labute approximate surface area is 151 Å². The highest BCUT2D eigenvalue weighted by Crippen LogP contribution is 2.29. The second-order valence-corrected chi connectivity index (χ2v) is 5.63. The molecule has 0 aliphatic carbocycles. The summed E-state index contributed by atoms with van der Waals surface area (Å²) >= 11 is 0. The molecule has 0 amide bonds. The van der Waals surface area contributed by atoms with Gasteiger partial charge in [0.1, 0.15) is 0 Å². The van der Waals surface area contributed by atoms with Crippen molar-refractivity contribution in [2.45, 2.75) is 13.3 Å². The summed E-state index contributed by atoms with van der Waals surface area (Å²) in [5.74, 6) is 0.314. The number of rotatable bonds is 4. The molecular formula is C20H17N3O3. The Balaban J connectivity index is 2.07. The van der Waals surface area contributed by atoms with E-state index in [2.05, 4.69) is 14.7 Å². The Hall–Kier alpha value is -3.59. The molecule has 6 nitrogen and oxygen atoms in total. The second kappa shape index (κ2) is 7.53. The first-order valence-corrected chi connectivity index (χ1v) is 7.98. The van der Waals surface area contributed by atoms with E-state index in [4.69, 9.17) is 11.3 Å². The van der Waals surface area contributed by atoms with Crippen molar-refractivity contribution in [1.29, 1.82) is 0 Å². The van der Waals surface area contributed by atoms with Crippen molar-refractivity contribution in [3.05, 3.63) is 82.8 Å². The number of hydrogen-bond donors (Lipinski definition) is 0. The summed E-state index contributed by atoms with van der Waals surface area (Å²) in [4.78, 5) is 15.1. The number of ether oxygens (including phenoxy) is 2. The van der Waals surface area contributed by atoms with Crippen LogP contribution in [0.5, 0.6) is 5.88 Å². The van der Waals surface area contributed by atoms with Crippen molar-refractivity contribution in [2.24, 2.45) is 0 Å². The highest BCUT2D eigenvalue weighted by molar-refractivity contribution is 5.64. The van der Waals surface area contributed by atoms with Crippen molar-refractivity contribution in [3.63, 3.8) is 0 Å². The average Bonchev–Trinajstić information content (AvgIpc) is 2.98. The van der Waals surface area contributed by atoms with Gasteiger partial charge in [0.05, 0.1) is 25.1 Å². The van der Waals surface area contributed by atoms with Crippen LogP contribution in [-0.2, 0) is 11.2 Å². The Morgan fingerprint density at radius 3 is 2.46 bits per heavy atom. The number of benzene rings is 2. The maximum atomic E-state index is 11.8. The Bertz CT molecular complexity index is 954. The Morgan fingerprint density at radius 2 is 1.85 bits per heavy atom. The Kier molecular flexibility index (Phi) is 4.99. The zero-order valence-electron chi connectivity index (χ0n) is 14.5. The highest BCUT2D eigenvalue weighted by Gasteiger charge is 2.21. The lowest BCUT2D eigenvalue weighted by Gasteiger charge is -2.09. The van der Waals surface area contributed by atoms with Crippen LogP contribution in [0.3, 0.4) is 0 Å². The number of aromatic nitrogens is 2. The molecule has 0 unspecified atom stereocenters. The van der Waals surface area contributed by atoms with E-state index in [1.54, 1.807) is 28.9 Å². The number of carbonyl (C=O) groups excluding carboxylic acids is 1. The van der Waals surface area contributed by atoms with Crippen molar-refractivity contribution in [3.8, 4) is 11.6 Å². The fourth-order valence-corrected chi connectivity index (χ4v) is 2.61. The maximum absolute atomic E-state index is 11.8. The average molecular weight is 347 g/mol. The van der Waals surface area contributed by atoms with Gasteiger partial charge in [-0.2, -0.15) is 5.10 Å². The molecule has 0 bridgehead atoms. The molecule has 0 aliphatic rings. The van der Waals surface area contributed by atoms with Gasteiger partial charge in [-0.15, -0.1) is 0 Å². The lowest BCUT2D eigenvalue weighted by atomic mass is 10.1. The lowest BCUT2D eigenvalue weighted by Crippen LogP contribution is -2.12. The van der Waals surface area contributed by atoms with Gasteiger partial charge in [-0.1, -0.05) is 42.5 Å². The summed E-state index contributed by atoms with van der Waals surface area (Å²) in [6.45, 7) is 8.93. The summed E-state index contributed by atoms with van der Waals surface area (Å²) in [6.07, 6.45) is -0.239. The molecule has 2 aromatic carbocycles. The number of carbonyl (C=O) groups is 1. The smallest absolute Gasteiger partial charge is 0.437 e. The summed E-state index contributed by atoms with van der Waals surface area (Å²) in [6, 6.07) is 16.8. The molecular weight excluding hydrogens is 330 g/mol. The van der Waals surface area contributed by atoms with Crippen LogP contribution in [0, 0.1) is 13.5 Å². The zero-order valence-corrected chi connectivity index (χ0v) is 14.5. The molecule has 130 valence electrons. The lowest BCUT2D eigenvalue weighted by molar-refractivity contribution is 0.118. The van der Waals surface area contributed by atoms with Crippen LogP contribution < -0.4 is 4.74 Å². The highest BCUT2D eigenvalue weighted by atomic mass is 16.7. The maximum Gasteiger partial charge on any atom is 0.514 e. The van der Waals surface area contributed by atoms with E-state index in [0.29, 0.717) is 23.7 Å². The predicted molar refractivity (Wildman–Crippen MR) is 96.8 cm³/mol. The minimum atomic E-state index is -0.807. The molecule has 0 saturated heterocycles. The van der Waals surface area contributed by atoms with E-state index in [0.717, 1.165) is 16.8 Å². The van der Waals surface area contributed by atoms with E-state index >= 15 is 0 Å². The molecule has 1 aromatic heterocycles. The minimum absolute atomic E-state index is 0.314. The van der Waals surface area contributed by atoms with Gasteiger partial charge < -0.3 is 9.47 Å². The Morgan fingerprint density at radius 1 is 1.15 bits per heavy atom. The fraction of sp³-hybridized carbons (Fsp3) is 0.150. The first-order chi connectivity index (χ1) is 12.6. The molecule has 26 heavy (non-hydrogen) atoms. The van der Waals surface area contributed by atoms with Gasteiger partial charge in [0.15, 0.2) is 5.69 Å². The van der Waals surface area contributed by atoms with E-state index in [1.165, 1.54) is 7.11 Å². The summed E-state index contributed by atoms with van der Waals surface area (Å²) in [7, 11) is 1.26. The van der Waals surface area contributed by atoms with E-state index in [9.17, 15) is 4.79 Å². The monoisotopic (exact) mass is 347 g/mol. The third-order valence-electron chi connectivity index (χ3n) is 3.93. The second-order valence-electron chi connectivity index (χ2n) is 5.63. The van der Waals surface area contributed by atoms with Gasteiger partial charge in [0.2, 0.25) is 5.88 Å². The number of hydrogen-bond acceptors (Lipinski definition) is 4. The van der Waals surface area contributed by atoms with Gasteiger partial charge in [-0.05, 0) is 24.6 Å². The van der Waals surface area contributed by atoms with Gasteiger partial charge in [-0.25, -0.2) is 14.3 Å². The van der Waals surface area contributed by atoms with E-state index in [-0.39, 0.29) is 0 Å². The minimum Gasteiger partial charge on any atom is -0.437 e. The molecule has 0 fully saturated rings. The van der Waals surface area contributed by atoms with Crippen LogP contribution in [0.25, 0.3) is 10.5 Å². The molecule has 0 saturated carbocycles. The fourth-order valence-electron chi connectivity index (χ4n) is 2.61. The molecule has 6 heteroatoms. The van der Waals surface area contributed by atoms with Crippen LogP contribution in [0.4, 0.5) is 10.5 Å². The molecule has 0 atom stereocenters. The molecule has 0 aliphatic heterocycles. The van der Waals surface area contributed by atoms with Crippen LogP contribution in [0.1, 0.15) is 16.8 Å². The molecule has 3 rings (SSSR count). The summed E-state index contributed by atoms with van der Waals surface area (Å²) in [5.41, 5.74) is 3.85. The zero-order chi connectivity index (χ0) is 18.5. The standard InChI is InChI=1S/C20H17N3O3/c1-14-18(13-15-7-5-4-6-8-15)19(26-20(24)25-3)23(22-14)17-11-9-16(21-2)10-12-17/h4-12H,13H2,1,3H3. The first-order valence-electron chi connectivity index (χ1n) is 7.98. The van der Waals surface area contributed by atoms with E-state index < -0.39 is 6.16 Å². The third-order valence-corrected chi connectivity index (χ3v) is 3.93. The molecule has 0 spiro atoms. The van der Waals surface area contributed by atoms with Gasteiger partial charge in [-0.3, -0.25) is 0 Å². The van der Waals surface area contributed by atoms with Crippen molar-refractivity contribution in [2.75, 3.05) is 7.11 Å². The SMILES string of the molecule is [C-]#[N+]c1ccc(-n2nc(C)c(Cc3ccccc3)c2OC(=O)OC)cc1. The predicted octanol–water partition coefficient (Wildman–Crippen LogP) is 4.47. The molecule has 0 N–H and O–H groups in total. The normalized spacial score (nSPS) is 10.2. The number of aryl methyl sites for hydroxylation is 1. The number of nitrogens with zero attached hydrogens (tertiary/aromatic N) is 3. The van der Waals surface area contributed by atoms with Crippen LogP contribution in [0.2, 0.25) is 0 Å². The quantitative estimate of drug-likeness (QED) is 0.516. The molecule has 1 heterocycles. The van der Waals surface area contributed by atoms with E-state index in [1.807, 2.05) is 37.3 Å². The summed E-state index contributed by atoms with van der Waals surface area (Å²) in [5, 5.41) is 4.53. The molecule has 3 aromatic rings. The topological polar surface area (TPSA) is 57.7 Å². The van der Waals surface area contributed by atoms with Crippen LogP contribution >= 0.6 is 0 Å². The van der Waals surface area contributed by atoms with Gasteiger partial charge in [0, 0.05) is 12.0 Å². The van der Waals surface area contributed by atoms with Crippen LogP contribution in [-0.4, -0.2) is 23.0 Å². The van der Waals surface area contributed by atoms with Gasteiger partial charge >= 0.3 is 6.16 Å². The van der Waals surface area contributed by atoms with Gasteiger partial charge in [0.25, 0.3) is 0 Å². The van der Waals surface area contributed by atoms with Crippen LogP contribution in [0.15, 0.2) is 54.6 Å². The van der Waals surface area contributed by atoms with Crippen molar-refractivity contribution >= 4 is 11.8 Å².